The summed E-state index contributed by atoms with van der Waals surface area (Å²) in [6.07, 6.45) is 1.80. The van der Waals surface area contributed by atoms with Crippen molar-refractivity contribution in [2.45, 2.75) is 38.0 Å². The van der Waals surface area contributed by atoms with E-state index in [4.69, 9.17) is 4.52 Å². The van der Waals surface area contributed by atoms with Crippen LogP contribution < -0.4 is 4.72 Å². The first-order chi connectivity index (χ1) is 14.8. The molecule has 31 heavy (non-hydrogen) atoms. The van der Waals surface area contributed by atoms with Crippen LogP contribution in [0, 0.1) is 5.82 Å². The molecule has 4 rings (SSSR count). The number of nitrogens with zero attached hydrogens (tertiary/aromatic N) is 2. The van der Waals surface area contributed by atoms with Crippen LogP contribution in [0.4, 0.5) is 4.39 Å². The lowest BCUT2D eigenvalue weighted by Crippen LogP contribution is -2.42. The van der Waals surface area contributed by atoms with Crippen LogP contribution in [0.15, 0.2) is 71.4 Å². The van der Waals surface area contributed by atoms with Gasteiger partial charge in [-0.25, -0.2) is 4.39 Å². The summed E-state index contributed by atoms with van der Waals surface area (Å²) in [5, 5.41) is 5.18. The summed E-state index contributed by atoms with van der Waals surface area (Å²) in [6, 6.07) is 17.8. The molecule has 0 radical (unpaired) electrons. The molecule has 0 spiro atoms. The summed E-state index contributed by atoms with van der Waals surface area (Å²) in [5.41, 5.74) is 3.38. The van der Waals surface area contributed by atoms with Crippen molar-refractivity contribution in [2.75, 3.05) is 0 Å². The van der Waals surface area contributed by atoms with Gasteiger partial charge in [0.05, 0.1) is 11.7 Å². The van der Waals surface area contributed by atoms with Crippen LogP contribution in [0.5, 0.6) is 0 Å². The maximum atomic E-state index is 14.4. The molecular formula is C24H24FN3O2S. The number of benzene rings is 2. The monoisotopic (exact) mass is 437 g/mol. The van der Waals surface area contributed by atoms with E-state index < -0.39 is 22.2 Å². The maximum absolute atomic E-state index is 14.4. The third-order valence-electron chi connectivity index (χ3n) is 5.01. The molecule has 0 bridgehead atoms. The van der Waals surface area contributed by atoms with Gasteiger partial charge in [-0.05, 0) is 50.6 Å². The Balaban J connectivity index is 1.81. The van der Waals surface area contributed by atoms with Gasteiger partial charge in [-0.15, -0.1) is 4.72 Å². The van der Waals surface area contributed by atoms with E-state index in [0.29, 0.717) is 17.0 Å². The number of rotatable bonds is 6. The molecule has 2 heterocycles. The van der Waals surface area contributed by atoms with E-state index in [1.807, 2.05) is 69.3 Å². The Morgan fingerprint density at radius 3 is 2.58 bits per heavy atom. The van der Waals surface area contributed by atoms with Gasteiger partial charge in [-0.3, -0.25) is 4.98 Å². The topological polar surface area (TPSA) is 74.0 Å². The van der Waals surface area contributed by atoms with Gasteiger partial charge in [0.25, 0.3) is 0 Å². The Kier molecular flexibility index (Phi) is 6.09. The van der Waals surface area contributed by atoms with Crippen LogP contribution in [0.2, 0.25) is 0 Å². The predicted octanol–water partition coefficient (Wildman–Crippen LogP) is 5.36. The second-order valence-electron chi connectivity index (χ2n) is 8.30. The number of pyridine rings is 1. The fraction of sp³-hybridized carbons (Fsp3) is 0.250. The number of nitrogens with one attached hydrogen (secondary N) is 1. The fourth-order valence-electron chi connectivity index (χ4n) is 3.38. The second-order valence-corrected chi connectivity index (χ2v) is 10.3. The summed E-state index contributed by atoms with van der Waals surface area (Å²) < 4.78 is 35.6. The SMILES string of the molecule is CC(C)(C)[S@+]([O-])N[C@@H](Cc1ncccc1F)c1ccccc1-c1noc2ccccc12. The minimum Gasteiger partial charge on any atom is -0.598 e. The van der Waals surface area contributed by atoms with Crippen molar-refractivity contribution in [1.82, 2.24) is 14.9 Å². The van der Waals surface area contributed by atoms with Crippen molar-refractivity contribution in [3.8, 4) is 11.3 Å². The van der Waals surface area contributed by atoms with Crippen molar-refractivity contribution in [3.63, 3.8) is 0 Å². The van der Waals surface area contributed by atoms with E-state index >= 15 is 0 Å². The molecule has 0 fully saturated rings. The first-order valence-electron chi connectivity index (χ1n) is 10.1. The molecule has 4 aromatic rings. The molecule has 5 nitrogen and oxygen atoms in total. The number of hydrogen-bond donors (Lipinski definition) is 1. The minimum atomic E-state index is -1.37. The highest BCUT2D eigenvalue weighted by molar-refractivity contribution is 7.90. The molecule has 0 saturated carbocycles. The molecule has 160 valence electrons. The van der Waals surface area contributed by atoms with Crippen LogP contribution in [-0.2, 0) is 17.8 Å². The van der Waals surface area contributed by atoms with Crippen LogP contribution in [0.25, 0.3) is 22.2 Å². The highest BCUT2D eigenvalue weighted by Crippen LogP contribution is 2.35. The summed E-state index contributed by atoms with van der Waals surface area (Å²) in [5.74, 6) is -0.389. The lowest BCUT2D eigenvalue weighted by molar-refractivity contribution is 0.459. The number of halogens is 1. The molecule has 1 N–H and O–H groups in total. The number of fused-ring (bicyclic) bond motifs is 1. The predicted molar refractivity (Wildman–Crippen MR) is 121 cm³/mol. The van der Waals surface area contributed by atoms with Gasteiger partial charge in [0.15, 0.2) is 5.58 Å². The highest BCUT2D eigenvalue weighted by Gasteiger charge is 2.32. The van der Waals surface area contributed by atoms with E-state index in [-0.39, 0.29) is 12.2 Å². The van der Waals surface area contributed by atoms with Crippen LogP contribution >= 0.6 is 0 Å². The normalized spacial score (nSPS) is 14.0. The lowest BCUT2D eigenvalue weighted by atomic mass is 9.94. The number of aromatic nitrogens is 2. The molecule has 0 amide bonds. The van der Waals surface area contributed by atoms with Crippen molar-refractivity contribution < 1.29 is 13.5 Å². The molecule has 0 unspecified atom stereocenters. The number of para-hydroxylation sites is 1. The summed E-state index contributed by atoms with van der Waals surface area (Å²) >= 11 is -1.37. The standard InChI is InChI=1S/C24H24FN3O2S/c1-24(2,3)31(29)28-20(15-21-19(25)12-8-14-26-21)16-9-4-5-10-17(16)23-18-11-6-7-13-22(18)30-27-23/h4-14,20,28H,15H2,1-3H3/t20-,31-/m0/s1. The third kappa shape index (κ3) is 4.63. The van der Waals surface area contributed by atoms with Gasteiger partial charge in [0.2, 0.25) is 0 Å². The Morgan fingerprint density at radius 2 is 1.81 bits per heavy atom. The third-order valence-corrected chi connectivity index (χ3v) is 6.62. The van der Waals surface area contributed by atoms with Crippen LogP contribution in [-0.4, -0.2) is 19.4 Å². The smallest absolute Gasteiger partial charge is 0.167 e. The molecule has 0 aliphatic carbocycles. The van der Waals surface area contributed by atoms with Crippen molar-refractivity contribution in [2.24, 2.45) is 0 Å². The highest BCUT2D eigenvalue weighted by atomic mass is 32.2. The first-order valence-corrected chi connectivity index (χ1v) is 11.2. The molecule has 2 atom stereocenters. The quantitative estimate of drug-likeness (QED) is 0.411. The summed E-state index contributed by atoms with van der Waals surface area (Å²) in [6.45, 7) is 5.68. The molecule has 2 aromatic heterocycles. The van der Waals surface area contributed by atoms with Gasteiger partial charge in [-0.1, -0.05) is 41.6 Å². The zero-order valence-electron chi connectivity index (χ0n) is 17.6. The van der Waals surface area contributed by atoms with Gasteiger partial charge in [0.1, 0.15) is 16.3 Å². The van der Waals surface area contributed by atoms with Gasteiger partial charge in [0, 0.05) is 34.9 Å². The molecule has 0 aliphatic rings. The van der Waals surface area contributed by atoms with Gasteiger partial charge in [-0.2, -0.15) is 0 Å². The molecule has 0 saturated heterocycles. The Labute approximate surface area is 184 Å². The van der Waals surface area contributed by atoms with Crippen LogP contribution in [0.1, 0.15) is 38.1 Å². The maximum Gasteiger partial charge on any atom is 0.167 e. The van der Waals surface area contributed by atoms with E-state index in [1.54, 1.807) is 12.3 Å². The molecular weight excluding hydrogens is 413 g/mol. The minimum absolute atomic E-state index is 0.237. The average Bonchev–Trinajstić information content (AvgIpc) is 3.18. The van der Waals surface area contributed by atoms with Crippen molar-refractivity contribution in [3.05, 3.63) is 83.9 Å². The Bertz CT molecular complexity index is 1190. The average molecular weight is 438 g/mol. The van der Waals surface area contributed by atoms with Crippen LogP contribution in [0.3, 0.4) is 0 Å². The van der Waals surface area contributed by atoms with E-state index in [1.165, 1.54) is 6.07 Å². The summed E-state index contributed by atoms with van der Waals surface area (Å²) in [4.78, 5) is 4.21. The Hall–Kier alpha value is -2.74. The number of hydrogen-bond acceptors (Lipinski definition) is 5. The molecule has 0 aliphatic heterocycles. The zero-order valence-corrected chi connectivity index (χ0v) is 18.4. The zero-order chi connectivity index (χ0) is 22.0. The van der Waals surface area contributed by atoms with Gasteiger partial charge < -0.3 is 9.08 Å². The van der Waals surface area contributed by atoms with Gasteiger partial charge >= 0.3 is 0 Å². The lowest BCUT2D eigenvalue weighted by Gasteiger charge is -2.29. The second kappa shape index (κ2) is 8.78. The van der Waals surface area contributed by atoms with Crippen molar-refractivity contribution >= 4 is 22.3 Å². The fourth-order valence-corrected chi connectivity index (χ4v) is 4.20. The Morgan fingerprint density at radius 1 is 1.06 bits per heavy atom. The molecule has 2 aromatic carbocycles. The van der Waals surface area contributed by atoms with E-state index in [2.05, 4.69) is 14.9 Å². The first kappa shape index (κ1) is 21.5. The molecule has 7 heteroatoms. The summed E-state index contributed by atoms with van der Waals surface area (Å²) in [7, 11) is 0. The van der Waals surface area contributed by atoms with E-state index in [9.17, 15) is 8.94 Å². The van der Waals surface area contributed by atoms with E-state index in [0.717, 1.165) is 16.5 Å². The van der Waals surface area contributed by atoms with Crippen molar-refractivity contribution in [1.29, 1.82) is 0 Å². The largest absolute Gasteiger partial charge is 0.598 e.